The molecule has 0 saturated carbocycles. The maximum Gasteiger partial charge on any atom is 0.240 e. The zero-order valence-corrected chi connectivity index (χ0v) is 13.8. The summed E-state index contributed by atoms with van der Waals surface area (Å²) in [7, 11) is 0. The van der Waals surface area contributed by atoms with Crippen molar-refractivity contribution >= 4 is 0 Å². The van der Waals surface area contributed by atoms with Crippen LogP contribution in [0, 0.1) is 5.92 Å². The van der Waals surface area contributed by atoms with Crippen molar-refractivity contribution in [3.05, 3.63) is 11.7 Å². The summed E-state index contributed by atoms with van der Waals surface area (Å²) in [4.78, 5) is 6.98. The summed E-state index contributed by atoms with van der Waals surface area (Å²) in [6.45, 7) is 10.8. The molecule has 2 heterocycles. The molecular weight excluding hydrogens is 264 g/mol. The summed E-state index contributed by atoms with van der Waals surface area (Å²) in [5, 5.41) is 7.66. The number of rotatable bonds is 9. The van der Waals surface area contributed by atoms with Crippen molar-refractivity contribution in [2.24, 2.45) is 5.92 Å². The molecule has 0 aromatic carbocycles. The molecule has 1 aliphatic rings. The largest absolute Gasteiger partial charge is 0.338 e. The van der Waals surface area contributed by atoms with E-state index in [9.17, 15) is 0 Å². The van der Waals surface area contributed by atoms with E-state index in [0.29, 0.717) is 12.0 Å². The van der Waals surface area contributed by atoms with Crippen molar-refractivity contribution < 1.29 is 4.52 Å². The molecular formula is C16H30N4O. The van der Waals surface area contributed by atoms with Crippen LogP contribution in [0.1, 0.15) is 58.2 Å². The molecule has 0 amide bonds. The summed E-state index contributed by atoms with van der Waals surface area (Å²) in [6.07, 6.45) is 5.79. The van der Waals surface area contributed by atoms with Gasteiger partial charge in [-0.2, -0.15) is 4.98 Å². The quantitative estimate of drug-likeness (QED) is 0.759. The molecule has 2 rings (SSSR count). The average molecular weight is 294 g/mol. The minimum absolute atomic E-state index is 0.617. The van der Waals surface area contributed by atoms with Crippen molar-refractivity contribution in [1.82, 2.24) is 20.4 Å². The third kappa shape index (κ3) is 5.75. The minimum Gasteiger partial charge on any atom is -0.338 e. The van der Waals surface area contributed by atoms with Crippen molar-refractivity contribution in [3.63, 3.8) is 0 Å². The van der Waals surface area contributed by atoms with Gasteiger partial charge in [0.2, 0.25) is 5.89 Å². The maximum atomic E-state index is 5.42. The van der Waals surface area contributed by atoms with Gasteiger partial charge in [-0.25, -0.2) is 0 Å². The monoisotopic (exact) mass is 294 g/mol. The highest BCUT2D eigenvalue weighted by Gasteiger charge is 2.20. The van der Waals surface area contributed by atoms with E-state index < -0.39 is 0 Å². The van der Waals surface area contributed by atoms with E-state index in [1.54, 1.807) is 0 Å². The predicted octanol–water partition coefficient (Wildman–Crippen LogP) is 2.62. The fourth-order valence-corrected chi connectivity index (χ4v) is 2.93. The third-order valence-corrected chi connectivity index (χ3v) is 3.89. The molecule has 1 saturated heterocycles. The van der Waals surface area contributed by atoms with E-state index in [1.165, 1.54) is 12.8 Å². The molecule has 1 N–H and O–H groups in total. The topological polar surface area (TPSA) is 54.2 Å². The van der Waals surface area contributed by atoms with Gasteiger partial charge in [0.15, 0.2) is 5.82 Å². The summed E-state index contributed by atoms with van der Waals surface area (Å²) >= 11 is 0. The zero-order chi connectivity index (χ0) is 15.1. The van der Waals surface area contributed by atoms with Crippen LogP contribution in [0.5, 0.6) is 0 Å². The first-order chi connectivity index (χ1) is 10.2. The number of nitrogens with zero attached hydrogens (tertiary/aromatic N) is 3. The lowest BCUT2D eigenvalue weighted by Gasteiger charge is -2.25. The summed E-state index contributed by atoms with van der Waals surface area (Å²) < 4.78 is 5.42. The fraction of sp³-hybridized carbons (Fsp3) is 0.875. The molecule has 1 atom stereocenters. The SMILES string of the molecule is CCCCc1noc(CN(CC(C)C)CC2CCCN2)n1. The summed E-state index contributed by atoms with van der Waals surface area (Å²) in [6, 6.07) is 0.617. The Bertz CT molecular complexity index is 399. The van der Waals surface area contributed by atoms with E-state index in [4.69, 9.17) is 4.52 Å². The lowest BCUT2D eigenvalue weighted by Crippen LogP contribution is -2.39. The van der Waals surface area contributed by atoms with Gasteiger partial charge in [0.05, 0.1) is 6.54 Å². The number of unbranched alkanes of at least 4 members (excludes halogenated alkanes) is 1. The van der Waals surface area contributed by atoms with Crippen LogP contribution in [0.2, 0.25) is 0 Å². The molecule has 1 unspecified atom stereocenters. The Morgan fingerprint density at radius 3 is 2.95 bits per heavy atom. The van der Waals surface area contributed by atoms with Gasteiger partial charge in [0.25, 0.3) is 0 Å². The van der Waals surface area contributed by atoms with Crippen LogP contribution in [0.4, 0.5) is 0 Å². The first kappa shape index (κ1) is 16.4. The number of hydrogen-bond donors (Lipinski definition) is 1. The molecule has 120 valence electrons. The maximum absolute atomic E-state index is 5.42. The lowest BCUT2D eigenvalue weighted by molar-refractivity contribution is 0.190. The van der Waals surface area contributed by atoms with Crippen LogP contribution < -0.4 is 5.32 Å². The Balaban J connectivity index is 1.88. The van der Waals surface area contributed by atoms with Crippen LogP contribution in [-0.4, -0.2) is 40.7 Å². The van der Waals surface area contributed by atoms with Gasteiger partial charge in [-0.15, -0.1) is 0 Å². The van der Waals surface area contributed by atoms with Gasteiger partial charge in [-0.3, -0.25) is 4.90 Å². The van der Waals surface area contributed by atoms with Crippen LogP contribution in [0.3, 0.4) is 0 Å². The predicted molar refractivity (Wildman–Crippen MR) is 84.0 cm³/mol. The van der Waals surface area contributed by atoms with Crippen molar-refractivity contribution in [3.8, 4) is 0 Å². The van der Waals surface area contributed by atoms with Gasteiger partial charge in [0, 0.05) is 25.6 Å². The third-order valence-electron chi connectivity index (χ3n) is 3.89. The normalized spacial score (nSPS) is 19.0. The number of aromatic nitrogens is 2. The zero-order valence-electron chi connectivity index (χ0n) is 13.8. The Hall–Kier alpha value is -0.940. The standard InChI is InChI=1S/C16H30N4O/c1-4-5-8-15-18-16(21-19-15)12-20(10-13(2)3)11-14-7-6-9-17-14/h13-14,17H,4-12H2,1-3H3. The molecule has 0 bridgehead atoms. The molecule has 1 aromatic heterocycles. The van der Waals surface area contributed by atoms with Crippen molar-refractivity contribution in [2.45, 2.75) is 65.5 Å². The minimum atomic E-state index is 0.617. The van der Waals surface area contributed by atoms with Crippen molar-refractivity contribution in [1.29, 1.82) is 0 Å². The van der Waals surface area contributed by atoms with Gasteiger partial charge < -0.3 is 9.84 Å². The first-order valence-electron chi connectivity index (χ1n) is 8.44. The van der Waals surface area contributed by atoms with Crippen LogP contribution in [-0.2, 0) is 13.0 Å². The second-order valence-corrected chi connectivity index (χ2v) is 6.59. The number of nitrogens with one attached hydrogen (secondary N) is 1. The van der Waals surface area contributed by atoms with Crippen LogP contribution in [0.15, 0.2) is 4.52 Å². The smallest absolute Gasteiger partial charge is 0.240 e. The highest BCUT2D eigenvalue weighted by molar-refractivity contribution is 4.88. The lowest BCUT2D eigenvalue weighted by atomic mass is 10.1. The number of aryl methyl sites for hydroxylation is 1. The summed E-state index contributed by atoms with van der Waals surface area (Å²) in [5.41, 5.74) is 0. The molecule has 1 aromatic rings. The molecule has 0 spiro atoms. The summed E-state index contributed by atoms with van der Waals surface area (Å²) in [5.74, 6) is 2.27. The highest BCUT2D eigenvalue weighted by atomic mass is 16.5. The molecule has 1 aliphatic heterocycles. The molecule has 1 fully saturated rings. The first-order valence-corrected chi connectivity index (χ1v) is 8.44. The molecule has 5 heteroatoms. The Morgan fingerprint density at radius 1 is 1.43 bits per heavy atom. The average Bonchev–Trinajstić information content (AvgIpc) is 3.07. The molecule has 5 nitrogen and oxygen atoms in total. The van der Waals surface area contributed by atoms with Crippen LogP contribution in [0.25, 0.3) is 0 Å². The molecule has 21 heavy (non-hydrogen) atoms. The fourth-order valence-electron chi connectivity index (χ4n) is 2.93. The van der Waals surface area contributed by atoms with E-state index in [0.717, 1.165) is 57.2 Å². The molecule has 0 radical (unpaired) electrons. The van der Waals surface area contributed by atoms with Crippen molar-refractivity contribution in [2.75, 3.05) is 19.6 Å². The highest BCUT2D eigenvalue weighted by Crippen LogP contribution is 2.12. The van der Waals surface area contributed by atoms with Gasteiger partial charge in [0.1, 0.15) is 0 Å². The van der Waals surface area contributed by atoms with Gasteiger partial charge in [-0.05, 0) is 31.7 Å². The van der Waals surface area contributed by atoms with E-state index in [-0.39, 0.29) is 0 Å². The van der Waals surface area contributed by atoms with Crippen LogP contribution >= 0.6 is 0 Å². The van der Waals surface area contributed by atoms with E-state index in [2.05, 4.69) is 41.1 Å². The Labute approximate surface area is 128 Å². The Kier molecular flexibility index (Phi) is 6.64. The second kappa shape index (κ2) is 8.49. The number of hydrogen-bond acceptors (Lipinski definition) is 5. The Morgan fingerprint density at radius 2 is 2.29 bits per heavy atom. The van der Waals surface area contributed by atoms with Gasteiger partial charge in [-0.1, -0.05) is 32.3 Å². The molecule has 0 aliphatic carbocycles. The van der Waals surface area contributed by atoms with Gasteiger partial charge >= 0.3 is 0 Å². The van der Waals surface area contributed by atoms with E-state index in [1.807, 2.05) is 0 Å². The second-order valence-electron chi connectivity index (χ2n) is 6.59. The van der Waals surface area contributed by atoms with E-state index >= 15 is 0 Å².